The number of nitrogens with one attached hydrogen (secondary N) is 1. The SMILES string of the molecule is CCCCCCCCCCCCCCCCCCCC(=O)CCc1ncc(-c2ccc3c(c2)c(C(C)=O)nn3CC(=O)N2C[C@H](F)C[C@H]2C(=O)Nc2nc(Br)ccc2C2CC2)cn1. The summed E-state index contributed by atoms with van der Waals surface area (Å²) in [6.45, 7) is 3.19. The first-order chi connectivity index (χ1) is 30.6. The van der Waals surface area contributed by atoms with Gasteiger partial charge in [0, 0.05) is 56.0 Å². The fraction of sp³-hybridized carbons (Fsp3) is 0.600. The number of carbonyl (C=O) groups excluding carboxylic acids is 4. The van der Waals surface area contributed by atoms with Crippen molar-refractivity contribution in [3.63, 3.8) is 0 Å². The Labute approximate surface area is 381 Å². The van der Waals surface area contributed by atoms with Crippen molar-refractivity contribution in [2.45, 2.75) is 186 Å². The highest BCUT2D eigenvalue weighted by Crippen LogP contribution is 2.43. The predicted molar refractivity (Wildman–Crippen MR) is 250 cm³/mol. The number of Topliss-reactive ketones (excluding diaryl/α,β-unsaturated/α-hetero) is 2. The lowest BCUT2D eigenvalue weighted by atomic mass is 10.0. The number of benzene rings is 1. The highest BCUT2D eigenvalue weighted by Gasteiger charge is 2.41. The zero-order valence-corrected chi connectivity index (χ0v) is 39.1. The molecule has 1 aliphatic heterocycles. The number of ketones is 2. The van der Waals surface area contributed by atoms with Crippen molar-refractivity contribution in [3.8, 4) is 11.1 Å². The molecule has 0 spiro atoms. The molecule has 1 aromatic carbocycles. The molecule has 63 heavy (non-hydrogen) atoms. The van der Waals surface area contributed by atoms with E-state index in [9.17, 15) is 23.6 Å². The number of likely N-dealkylation sites (tertiary alicyclic amines) is 1. The Morgan fingerprint density at radius 3 is 2.02 bits per heavy atom. The van der Waals surface area contributed by atoms with E-state index in [2.05, 4.69) is 48.2 Å². The molecule has 4 aromatic rings. The van der Waals surface area contributed by atoms with E-state index in [1.807, 2.05) is 24.3 Å². The molecule has 1 aliphatic carbocycles. The lowest BCUT2D eigenvalue weighted by molar-refractivity contribution is -0.137. The van der Waals surface area contributed by atoms with Crippen molar-refractivity contribution in [2.75, 3.05) is 11.9 Å². The number of fused-ring (bicyclic) bond motifs is 1. The maximum atomic E-state index is 14.8. The quantitative estimate of drug-likeness (QED) is 0.0337. The van der Waals surface area contributed by atoms with Crippen LogP contribution >= 0.6 is 15.9 Å². The standard InChI is InChI=1S/C50H67BrFN7O4/c1-3-4-5-6-7-8-9-10-11-12-13-14-15-16-17-18-19-20-40(61)24-28-46-53-31-38(32-54-46)37-23-26-43-42(29-37)48(35(2)60)57-59(43)34-47(62)58-33-39(52)30-44(58)50(63)56-49-41(36-21-22-36)25-27-45(51)55-49/h23,25-27,29,31-32,36,39,44H,3-22,24,28,30,33-34H2,1-2H3,(H,55,56,63)/t39-,44+/m1/s1. The van der Waals surface area contributed by atoms with Gasteiger partial charge in [-0.25, -0.2) is 19.3 Å². The molecule has 4 heterocycles. The number of carbonyl (C=O) groups is 4. The van der Waals surface area contributed by atoms with Gasteiger partial charge in [-0.2, -0.15) is 5.10 Å². The van der Waals surface area contributed by atoms with E-state index < -0.39 is 24.0 Å². The van der Waals surface area contributed by atoms with Crippen molar-refractivity contribution in [1.29, 1.82) is 0 Å². The van der Waals surface area contributed by atoms with E-state index in [-0.39, 0.29) is 36.8 Å². The van der Waals surface area contributed by atoms with E-state index in [4.69, 9.17) is 0 Å². The number of hydrogen-bond acceptors (Lipinski definition) is 8. The molecule has 1 N–H and O–H groups in total. The summed E-state index contributed by atoms with van der Waals surface area (Å²) in [5.41, 5.74) is 3.18. The van der Waals surface area contributed by atoms with E-state index in [1.165, 1.54) is 113 Å². The molecule has 3 aromatic heterocycles. The Balaban J connectivity index is 0.924. The summed E-state index contributed by atoms with van der Waals surface area (Å²) in [5.74, 6) is 0.350. The number of aryl methyl sites for hydroxylation is 1. The number of halogens is 2. The first kappa shape index (κ1) is 48.1. The first-order valence-electron chi connectivity index (χ1n) is 23.9. The molecule has 2 amide bonds. The minimum absolute atomic E-state index is 0.122. The van der Waals surface area contributed by atoms with Crippen LogP contribution in [0.3, 0.4) is 0 Å². The molecule has 11 nitrogen and oxygen atoms in total. The Bertz CT molecular complexity index is 2140. The third-order valence-electron chi connectivity index (χ3n) is 12.6. The van der Waals surface area contributed by atoms with E-state index in [0.717, 1.165) is 42.4 Å². The second-order valence-electron chi connectivity index (χ2n) is 17.9. The number of rotatable bonds is 28. The minimum atomic E-state index is -1.36. The molecule has 0 bridgehead atoms. The third-order valence-corrected chi connectivity index (χ3v) is 13.1. The average Bonchev–Trinajstić information content (AvgIpc) is 3.94. The Hall–Kier alpha value is -4.39. The minimum Gasteiger partial charge on any atom is -0.326 e. The number of hydrogen-bond donors (Lipinski definition) is 1. The number of anilines is 1. The summed E-state index contributed by atoms with van der Waals surface area (Å²) in [5, 5.41) is 7.92. The van der Waals surface area contributed by atoms with Crippen LogP contribution in [-0.2, 0) is 27.3 Å². The number of pyridine rings is 1. The van der Waals surface area contributed by atoms with Crippen molar-refractivity contribution in [2.24, 2.45) is 0 Å². The number of amides is 2. The van der Waals surface area contributed by atoms with Gasteiger partial charge in [-0.3, -0.25) is 23.9 Å². The molecular formula is C50H67BrFN7O4. The van der Waals surface area contributed by atoms with E-state index in [1.54, 1.807) is 18.5 Å². The van der Waals surface area contributed by atoms with Gasteiger partial charge in [0.25, 0.3) is 0 Å². The summed E-state index contributed by atoms with van der Waals surface area (Å²) in [6, 6.07) is 8.20. The summed E-state index contributed by atoms with van der Waals surface area (Å²) in [6.07, 6.45) is 27.9. The monoisotopic (exact) mass is 927 g/mol. The molecule has 2 fully saturated rings. The second-order valence-corrected chi connectivity index (χ2v) is 18.7. The lowest BCUT2D eigenvalue weighted by Crippen LogP contribution is -2.44. The molecular weight excluding hydrogens is 861 g/mol. The van der Waals surface area contributed by atoms with Crippen molar-refractivity contribution >= 4 is 56.0 Å². The molecule has 2 atom stereocenters. The smallest absolute Gasteiger partial charge is 0.248 e. The van der Waals surface area contributed by atoms with Gasteiger partial charge >= 0.3 is 0 Å². The van der Waals surface area contributed by atoms with Crippen molar-refractivity contribution < 1.29 is 23.6 Å². The molecule has 6 rings (SSSR count). The van der Waals surface area contributed by atoms with Gasteiger partial charge in [0.2, 0.25) is 11.8 Å². The van der Waals surface area contributed by atoms with Crippen LogP contribution in [0.1, 0.15) is 183 Å². The van der Waals surface area contributed by atoms with Gasteiger partial charge in [-0.1, -0.05) is 122 Å². The number of unbranched alkanes of at least 4 members (excludes halogenated alkanes) is 16. The predicted octanol–water partition coefficient (Wildman–Crippen LogP) is 11.9. The summed E-state index contributed by atoms with van der Waals surface area (Å²) in [4.78, 5) is 67.5. The number of aromatic nitrogens is 5. The van der Waals surface area contributed by atoms with Crippen molar-refractivity contribution in [1.82, 2.24) is 29.6 Å². The van der Waals surface area contributed by atoms with E-state index >= 15 is 0 Å². The zero-order valence-electron chi connectivity index (χ0n) is 37.5. The average molecular weight is 929 g/mol. The Kier molecular flexibility index (Phi) is 18.8. The molecule has 1 saturated carbocycles. The molecule has 13 heteroatoms. The largest absolute Gasteiger partial charge is 0.326 e. The Morgan fingerprint density at radius 2 is 1.41 bits per heavy atom. The zero-order chi connectivity index (χ0) is 44.6. The van der Waals surface area contributed by atoms with Gasteiger partial charge in [0.1, 0.15) is 46.5 Å². The summed E-state index contributed by atoms with van der Waals surface area (Å²) >= 11 is 3.37. The number of alkyl halides is 1. The molecule has 0 unspecified atom stereocenters. The van der Waals surface area contributed by atoms with Crippen LogP contribution < -0.4 is 5.32 Å². The molecule has 2 aliphatic rings. The maximum Gasteiger partial charge on any atom is 0.248 e. The molecule has 1 saturated heterocycles. The summed E-state index contributed by atoms with van der Waals surface area (Å²) < 4.78 is 16.9. The van der Waals surface area contributed by atoms with Gasteiger partial charge in [-0.05, 0) is 70.4 Å². The molecule has 340 valence electrons. The maximum absolute atomic E-state index is 14.8. The first-order valence-corrected chi connectivity index (χ1v) is 24.7. The van der Waals surface area contributed by atoms with Gasteiger partial charge in [0.05, 0.1) is 12.1 Å². The topological polar surface area (TPSA) is 140 Å². The van der Waals surface area contributed by atoms with Crippen LogP contribution in [-0.4, -0.2) is 71.8 Å². The number of nitrogens with zero attached hydrogens (tertiary/aromatic N) is 6. The van der Waals surface area contributed by atoms with Crippen LogP contribution in [0, 0.1) is 0 Å². The highest BCUT2D eigenvalue weighted by atomic mass is 79.9. The van der Waals surface area contributed by atoms with Crippen LogP contribution in [0.4, 0.5) is 10.2 Å². The lowest BCUT2D eigenvalue weighted by Gasteiger charge is -2.24. The van der Waals surface area contributed by atoms with Crippen LogP contribution in [0.15, 0.2) is 47.3 Å². The van der Waals surface area contributed by atoms with Crippen molar-refractivity contribution in [3.05, 3.63) is 64.4 Å². The fourth-order valence-electron chi connectivity index (χ4n) is 8.79. The fourth-order valence-corrected chi connectivity index (χ4v) is 9.10. The van der Waals surface area contributed by atoms with Crippen LogP contribution in [0.2, 0.25) is 0 Å². The van der Waals surface area contributed by atoms with Gasteiger partial charge in [-0.15, -0.1) is 0 Å². The second kappa shape index (κ2) is 24.6. The van der Waals surface area contributed by atoms with Gasteiger partial charge in [0.15, 0.2) is 5.78 Å². The Morgan fingerprint density at radius 1 is 0.794 bits per heavy atom. The molecule has 0 radical (unpaired) electrons. The normalized spacial score (nSPS) is 16.2. The van der Waals surface area contributed by atoms with Crippen LogP contribution in [0.25, 0.3) is 22.0 Å². The summed E-state index contributed by atoms with van der Waals surface area (Å²) in [7, 11) is 0. The van der Waals surface area contributed by atoms with E-state index in [0.29, 0.717) is 52.3 Å². The highest BCUT2D eigenvalue weighted by molar-refractivity contribution is 9.10. The van der Waals surface area contributed by atoms with Gasteiger partial charge < -0.3 is 10.2 Å². The van der Waals surface area contributed by atoms with Crippen LogP contribution in [0.5, 0.6) is 0 Å². The third kappa shape index (κ3) is 14.6.